The zero-order valence-electron chi connectivity index (χ0n) is 16.4. The number of benzene rings is 1. The highest BCUT2D eigenvalue weighted by Gasteiger charge is 2.39. The molecule has 4 atom stereocenters. The van der Waals surface area contributed by atoms with Gasteiger partial charge in [-0.05, 0) is 18.2 Å². The number of nitrogens with one attached hydrogen (secondary N) is 3. The van der Waals surface area contributed by atoms with Gasteiger partial charge in [0, 0.05) is 12.1 Å². The van der Waals surface area contributed by atoms with Crippen molar-refractivity contribution in [1.82, 2.24) is 25.3 Å². The summed E-state index contributed by atoms with van der Waals surface area (Å²) in [6, 6.07) is 3.98. The van der Waals surface area contributed by atoms with Gasteiger partial charge < -0.3 is 30.6 Å². The van der Waals surface area contributed by atoms with Crippen LogP contribution in [0, 0.1) is 0 Å². The topological polar surface area (TPSA) is 145 Å². The van der Waals surface area contributed by atoms with Crippen molar-refractivity contribution >= 4 is 22.8 Å². The Morgan fingerprint density at radius 3 is 2.84 bits per heavy atom. The Balaban J connectivity index is 1.34. The van der Waals surface area contributed by atoms with Crippen LogP contribution in [0.2, 0.25) is 0 Å². The first kappa shape index (κ1) is 21.9. The van der Waals surface area contributed by atoms with Gasteiger partial charge in [-0.25, -0.2) is 9.97 Å². The SMILES string of the molecule is O=C(NC[C@H]1OC[C@H](Nc2cncc(C(F)(F)F)n2)[C@@H](O)[C@H]1O)c1ccc2nc[nH]c2c1. The molecule has 0 aliphatic carbocycles. The van der Waals surface area contributed by atoms with E-state index in [4.69, 9.17) is 4.74 Å². The van der Waals surface area contributed by atoms with Crippen molar-refractivity contribution < 1.29 is 32.9 Å². The molecule has 3 heterocycles. The maximum Gasteiger partial charge on any atom is 0.434 e. The molecule has 0 radical (unpaired) electrons. The highest BCUT2D eigenvalue weighted by molar-refractivity contribution is 5.97. The van der Waals surface area contributed by atoms with Gasteiger partial charge in [-0.2, -0.15) is 13.2 Å². The molecule has 1 aliphatic rings. The first-order valence-corrected chi connectivity index (χ1v) is 9.57. The van der Waals surface area contributed by atoms with Crippen LogP contribution in [0.1, 0.15) is 16.1 Å². The number of aromatic amines is 1. The van der Waals surface area contributed by atoms with Crippen molar-refractivity contribution in [3.63, 3.8) is 0 Å². The van der Waals surface area contributed by atoms with E-state index in [0.717, 1.165) is 6.20 Å². The van der Waals surface area contributed by atoms with Crippen molar-refractivity contribution in [2.24, 2.45) is 0 Å². The fourth-order valence-electron chi connectivity index (χ4n) is 3.32. The number of aliphatic hydroxyl groups is 2. The number of anilines is 1. The minimum atomic E-state index is -4.67. The van der Waals surface area contributed by atoms with Gasteiger partial charge in [0.05, 0.1) is 42.4 Å². The number of fused-ring (bicyclic) bond motifs is 1. The fraction of sp³-hybridized carbons (Fsp3) is 0.368. The number of alkyl halides is 3. The van der Waals surface area contributed by atoms with E-state index in [-0.39, 0.29) is 19.0 Å². The van der Waals surface area contributed by atoms with Crippen LogP contribution in [0.4, 0.5) is 19.0 Å². The number of aromatic nitrogens is 4. The van der Waals surface area contributed by atoms with Crippen molar-refractivity contribution in [3.05, 3.63) is 48.2 Å². The molecule has 2 aromatic heterocycles. The molecule has 170 valence electrons. The number of nitrogens with zero attached hydrogens (tertiary/aromatic N) is 3. The number of carbonyl (C=O) groups excluding carboxylic acids is 1. The molecule has 1 aliphatic heterocycles. The first-order chi connectivity index (χ1) is 15.2. The summed E-state index contributed by atoms with van der Waals surface area (Å²) in [5, 5.41) is 26.0. The van der Waals surface area contributed by atoms with E-state index in [1.165, 1.54) is 6.33 Å². The Morgan fingerprint density at radius 2 is 2.06 bits per heavy atom. The Bertz CT molecular complexity index is 1110. The molecule has 32 heavy (non-hydrogen) atoms. The molecule has 0 saturated carbocycles. The molecule has 1 amide bonds. The lowest BCUT2D eigenvalue weighted by atomic mass is 9.98. The number of aliphatic hydroxyl groups excluding tert-OH is 2. The summed E-state index contributed by atoms with van der Waals surface area (Å²) >= 11 is 0. The van der Waals surface area contributed by atoms with Gasteiger partial charge in [-0.3, -0.25) is 9.78 Å². The van der Waals surface area contributed by atoms with Crippen molar-refractivity contribution in [2.75, 3.05) is 18.5 Å². The second-order valence-electron chi connectivity index (χ2n) is 7.24. The summed E-state index contributed by atoms with van der Waals surface area (Å²) < 4.78 is 43.9. The van der Waals surface area contributed by atoms with E-state index in [1.54, 1.807) is 18.2 Å². The van der Waals surface area contributed by atoms with Crippen LogP contribution < -0.4 is 10.6 Å². The summed E-state index contributed by atoms with van der Waals surface area (Å²) in [7, 11) is 0. The van der Waals surface area contributed by atoms with Gasteiger partial charge in [0.1, 0.15) is 24.1 Å². The Labute approximate surface area is 178 Å². The quantitative estimate of drug-likeness (QED) is 0.381. The molecule has 0 bridgehead atoms. The summed E-state index contributed by atoms with van der Waals surface area (Å²) in [5.74, 6) is -0.632. The molecule has 0 spiro atoms. The average Bonchev–Trinajstić information content (AvgIpc) is 3.24. The fourth-order valence-corrected chi connectivity index (χ4v) is 3.32. The van der Waals surface area contributed by atoms with Crippen LogP contribution in [0.15, 0.2) is 36.9 Å². The zero-order chi connectivity index (χ0) is 22.9. The predicted octanol–water partition coefficient (Wildman–Crippen LogP) is 0.703. The third kappa shape index (κ3) is 4.64. The van der Waals surface area contributed by atoms with Crippen LogP contribution in [0.3, 0.4) is 0 Å². The standard InChI is InChI=1S/C19H19F3N6O4/c20-19(21,22)14-5-23-6-15(28-14)27-12-7-32-13(17(30)16(12)29)4-24-18(31)9-1-2-10-11(3-9)26-8-25-10/h1-3,5-6,8,12-13,16-17,29-30H,4,7H2,(H,24,31)(H,25,26)(H,27,28)/t12-,13+,16+,17-/m0/s1. The van der Waals surface area contributed by atoms with E-state index in [2.05, 4.69) is 30.6 Å². The lowest BCUT2D eigenvalue weighted by Gasteiger charge is -2.38. The summed E-state index contributed by atoms with van der Waals surface area (Å²) in [4.78, 5) is 26.3. The number of carbonyl (C=O) groups is 1. The Morgan fingerprint density at radius 1 is 1.25 bits per heavy atom. The molecule has 0 unspecified atom stereocenters. The molecule has 5 N–H and O–H groups in total. The smallest absolute Gasteiger partial charge is 0.388 e. The van der Waals surface area contributed by atoms with Crippen LogP contribution in [0.5, 0.6) is 0 Å². The zero-order valence-corrected chi connectivity index (χ0v) is 16.4. The van der Waals surface area contributed by atoms with E-state index < -0.39 is 42.1 Å². The summed E-state index contributed by atoms with van der Waals surface area (Å²) in [5.41, 5.74) is 0.576. The van der Waals surface area contributed by atoms with Gasteiger partial charge >= 0.3 is 6.18 Å². The average molecular weight is 452 g/mol. The van der Waals surface area contributed by atoms with Crippen LogP contribution >= 0.6 is 0 Å². The number of halogens is 3. The van der Waals surface area contributed by atoms with Crippen LogP contribution in [-0.2, 0) is 10.9 Å². The molecule has 4 rings (SSSR count). The second kappa shape index (κ2) is 8.68. The monoisotopic (exact) mass is 452 g/mol. The largest absolute Gasteiger partial charge is 0.434 e. The first-order valence-electron chi connectivity index (χ1n) is 9.57. The van der Waals surface area contributed by atoms with Gasteiger partial charge in [-0.1, -0.05) is 0 Å². The number of rotatable bonds is 5. The van der Waals surface area contributed by atoms with Gasteiger partial charge in [-0.15, -0.1) is 0 Å². The molecular weight excluding hydrogens is 433 g/mol. The van der Waals surface area contributed by atoms with Crippen LogP contribution in [-0.4, -0.2) is 73.6 Å². The number of hydrogen-bond donors (Lipinski definition) is 5. The maximum absolute atomic E-state index is 12.8. The minimum Gasteiger partial charge on any atom is -0.388 e. The Kier molecular flexibility index (Phi) is 5.95. The number of H-pyrrole nitrogens is 1. The third-order valence-corrected chi connectivity index (χ3v) is 5.04. The highest BCUT2D eigenvalue weighted by Crippen LogP contribution is 2.28. The van der Waals surface area contributed by atoms with Gasteiger partial charge in [0.15, 0.2) is 5.69 Å². The molecule has 1 fully saturated rings. The third-order valence-electron chi connectivity index (χ3n) is 5.04. The molecule has 1 saturated heterocycles. The van der Waals surface area contributed by atoms with E-state index in [9.17, 15) is 28.2 Å². The lowest BCUT2D eigenvalue weighted by Crippen LogP contribution is -2.58. The van der Waals surface area contributed by atoms with Crippen molar-refractivity contribution in [3.8, 4) is 0 Å². The molecule has 13 heteroatoms. The minimum absolute atomic E-state index is 0.0891. The number of ether oxygens (including phenoxy) is 1. The number of amides is 1. The van der Waals surface area contributed by atoms with E-state index in [1.807, 2.05) is 0 Å². The van der Waals surface area contributed by atoms with Crippen molar-refractivity contribution in [2.45, 2.75) is 30.5 Å². The van der Waals surface area contributed by atoms with Crippen molar-refractivity contribution in [1.29, 1.82) is 0 Å². The maximum atomic E-state index is 12.8. The molecule has 1 aromatic carbocycles. The molecule has 10 nitrogen and oxygen atoms in total. The molecule has 3 aromatic rings. The summed E-state index contributed by atoms with van der Waals surface area (Å²) in [6.45, 7) is -0.231. The van der Waals surface area contributed by atoms with Gasteiger partial charge in [0.2, 0.25) is 0 Å². The number of imidazole rings is 1. The Hall–Kier alpha value is -3.29. The highest BCUT2D eigenvalue weighted by atomic mass is 19.4. The van der Waals surface area contributed by atoms with Crippen LogP contribution in [0.25, 0.3) is 11.0 Å². The lowest BCUT2D eigenvalue weighted by molar-refractivity contribution is -0.141. The normalized spacial score (nSPS) is 23.8. The predicted molar refractivity (Wildman–Crippen MR) is 105 cm³/mol. The van der Waals surface area contributed by atoms with E-state index in [0.29, 0.717) is 22.8 Å². The summed E-state index contributed by atoms with van der Waals surface area (Å²) in [6.07, 6.45) is -5.23. The second-order valence-corrected chi connectivity index (χ2v) is 7.24. The van der Waals surface area contributed by atoms with Gasteiger partial charge in [0.25, 0.3) is 5.91 Å². The molecular formula is C19H19F3N6O4. The van der Waals surface area contributed by atoms with E-state index >= 15 is 0 Å². The number of hydrogen-bond acceptors (Lipinski definition) is 8.